The largest absolute Gasteiger partial charge is 0.394 e. The first-order valence-corrected chi connectivity index (χ1v) is 6.26. The van der Waals surface area contributed by atoms with E-state index < -0.39 is 6.10 Å². The molecule has 1 aromatic heterocycles. The van der Waals surface area contributed by atoms with Crippen LogP contribution in [0.5, 0.6) is 0 Å². The lowest BCUT2D eigenvalue weighted by Crippen LogP contribution is -2.36. The Morgan fingerprint density at radius 3 is 2.47 bits per heavy atom. The molecule has 0 aliphatic heterocycles. The predicted octanol–water partition coefficient (Wildman–Crippen LogP) is 0.804. The Morgan fingerprint density at radius 1 is 1.42 bits per heavy atom. The van der Waals surface area contributed by atoms with Crippen LogP contribution in [0.4, 0.5) is 0 Å². The molecule has 1 heterocycles. The van der Waals surface area contributed by atoms with Gasteiger partial charge in [-0.2, -0.15) is 0 Å². The van der Waals surface area contributed by atoms with Crippen molar-refractivity contribution >= 4 is 5.91 Å². The number of nitrogens with zero attached hydrogens (tertiary/aromatic N) is 2. The number of hydrogen-bond donors (Lipinski definition) is 2. The van der Waals surface area contributed by atoms with Gasteiger partial charge in [0.15, 0.2) is 0 Å². The number of rotatable bonds is 4. The maximum Gasteiger partial charge on any atom is 0.272 e. The zero-order valence-corrected chi connectivity index (χ0v) is 11.9. The molecule has 1 aromatic rings. The van der Waals surface area contributed by atoms with E-state index in [9.17, 15) is 9.90 Å². The molecule has 5 heteroatoms. The van der Waals surface area contributed by atoms with Crippen LogP contribution in [0.15, 0.2) is 18.3 Å². The molecule has 5 nitrogen and oxygen atoms in total. The van der Waals surface area contributed by atoms with Gasteiger partial charge in [-0.05, 0) is 17.0 Å². The third-order valence-electron chi connectivity index (χ3n) is 2.89. The van der Waals surface area contributed by atoms with Crippen LogP contribution < -0.4 is 0 Å². The summed E-state index contributed by atoms with van der Waals surface area (Å²) in [6, 6.07) is 3.57. The molecule has 0 radical (unpaired) electrons. The second kappa shape index (κ2) is 6.12. The molecule has 2 N–H and O–H groups in total. The van der Waals surface area contributed by atoms with Gasteiger partial charge in [0.25, 0.3) is 5.91 Å². The van der Waals surface area contributed by atoms with Crippen LogP contribution in [0, 0.1) is 0 Å². The van der Waals surface area contributed by atoms with E-state index in [2.05, 4.69) is 25.8 Å². The van der Waals surface area contributed by atoms with Crippen LogP contribution in [0.2, 0.25) is 0 Å². The first-order valence-electron chi connectivity index (χ1n) is 6.26. The Morgan fingerprint density at radius 2 is 2.05 bits per heavy atom. The Kier molecular flexibility index (Phi) is 5.03. The van der Waals surface area contributed by atoms with E-state index in [1.54, 1.807) is 19.3 Å². The van der Waals surface area contributed by atoms with E-state index in [-0.39, 0.29) is 24.5 Å². The second-order valence-corrected chi connectivity index (χ2v) is 5.70. The molecule has 0 spiro atoms. The number of aliphatic hydroxyl groups excluding tert-OH is 2. The van der Waals surface area contributed by atoms with Crippen molar-refractivity contribution in [2.45, 2.75) is 32.3 Å². The van der Waals surface area contributed by atoms with Gasteiger partial charge in [0.1, 0.15) is 5.69 Å². The summed E-state index contributed by atoms with van der Waals surface area (Å²) in [7, 11) is 1.57. The summed E-state index contributed by atoms with van der Waals surface area (Å²) in [5.74, 6) is -0.270. The quantitative estimate of drug-likeness (QED) is 0.845. The maximum atomic E-state index is 12.0. The highest BCUT2D eigenvalue weighted by atomic mass is 16.3. The number of amides is 1. The number of aliphatic hydroxyl groups is 2. The van der Waals surface area contributed by atoms with Crippen molar-refractivity contribution in [3.8, 4) is 0 Å². The van der Waals surface area contributed by atoms with Gasteiger partial charge >= 0.3 is 0 Å². The second-order valence-electron chi connectivity index (χ2n) is 5.70. The number of aromatic nitrogens is 1. The van der Waals surface area contributed by atoms with Crippen LogP contribution in [-0.4, -0.2) is 52.3 Å². The molecule has 0 saturated carbocycles. The maximum absolute atomic E-state index is 12.0. The number of likely N-dealkylation sites (N-methyl/N-ethyl adjacent to an activating group) is 1. The van der Waals surface area contributed by atoms with E-state index in [4.69, 9.17) is 5.11 Å². The third-order valence-corrected chi connectivity index (χ3v) is 2.89. The Balaban J connectivity index is 2.78. The molecular weight excluding hydrogens is 244 g/mol. The standard InChI is InChI=1S/C14H22N2O3/c1-14(2,3)10-5-6-12(15-7-10)13(19)16(4)8-11(18)9-17/h5-7,11,17-18H,8-9H2,1-4H3. The summed E-state index contributed by atoms with van der Waals surface area (Å²) in [4.78, 5) is 17.5. The zero-order chi connectivity index (χ0) is 14.6. The van der Waals surface area contributed by atoms with Crippen molar-refractivity contribution in [2.75, 3.05) is 20.2 Å². The highest BCUT2D eigenvalue weighted by molar-refractivity contribution is 5.92. The molecule has 19 heavy (non-hydrogen) atoms. The average molecular weight is 266 g/mol. The molecule has 0 fully saturated rings. The summed E-state index contributed by atoms with van der Waals surface area (Å²) in [5, 5.41) is 18.1. The van der Waals surface area contributed by atoms with Crippen molar-refractivity contribution in [1.82, 2.24) is 9.88 Å². The lowest BCUT2D eigenvalue weighted by Gasteiger charge is -2.21. The summed E-state index contributed by atoms with van der Waals surface area (Å²) < 4.78 is 0. The number of hydrogen-bond acceptors (Lipinski definition) is 4. The average Bonchev–Trinajstić information content (AvgIpc) is 2.36. The van der Waals surface area contributed by atoms with Crippen LogP contribution in [0.1, 0.15) is 36.8 Å². The fourth-order valence-electron chi connectivity index (χ4n) is 1.62. The molecule has 0 saturated heterocycles. The van der Waals surface area contributed by atoms with Gasteiger partial charge in [0.05, 0.1) is 12.7 Å². The van der Waals surface area contributed by atoms with Gasteiger partial charge in [-0.15, -0.1) is 0 Å². The first-order chi connectivity index (χ1) is 8.75. The number of pyridine rings is 1. The SMILES string of the molecule is CN(CC(O)CO)C(=O)c1ccc(C(C)(C)C)cn1. The molecule has 0 aliphatic rings. The van der Waals surface area contributed by atoms with E-state index in [1.807, 2.05) is 6.07 Å². The Bertz CT molecular complexity index is 423. The molecule has 0 aromatic carbocycles. The van der Waals surface area contributed by atoms with Gasteiger partial charge in [-0.1, -0.05) is 26.8 Å². The molecule has 1 atom stereocenters. The van der Waals surface area contributed by atoms with Crippen molar-refractivity contribution < 1.29 is 15.0 Å². The van der Waals surface area contributed by atoms with E-state index in [0.29, 0.717) is 5.69 Å². The van der Waals surface area contributed by atoms with Gasteiger partial charge < -0.3 is 15.1 Å². The molecule has 0 bridgehead atoms. The molecule has 106 valence electrons. The minimum atomic E-state index is -0.928. The van der Waals surface area contributed by atoms with Crippen LogP contribution in [0.25, 0.3) is 0 Å². The van der Waals surface area contributed by atoms with Gasteiger partial charge in [0.2, 0.25) is 0 Å². The topological polar surface area (TPSA) is 73.7 Å². The minimum Gasteiger partial charge on any atom is -0.394 e. The smallest absolute Gasteiger partial charge is 0.272 e. The summed E-state index contributed by atoms with van der Waals surface area (Å²) >= 11 is 0. The van der Waals surface area contributed by atoms with E-state index in [1.165, 1.54) is 4.90 Å². The Hall–Kier alpha value is -1.46. The van der Waals surface area contributed by atoms with Crippen molar-refractivity contribution in [2.24, 2.45) is 0 Å². The van der Waals surface area contributed by atoms with Crippen LogP contribution >= 0.6 is 0 Å². The number of carbonyl (C=O) groups excluding carboxylic acids is 1. The lowest BCUT2D eigenvalue weighted by atomic mass is 9.88. The van der Waals surface area contributed by atoms with Crippen molar-refractivity contribution in [3.05, 3.63) is 29.6 Å². The Labute approximate surface area is 113 Å². The predicted molar refractivity (Wildman–Crippen MR) is 73.0 cm³/mol. The number of carbonyl (C=O) groups is 1. The molecular formula is C14H22N2O3. The minimum absolute atomic E-state index is 0.00639. The van der Waals surface area contributed by atoms with Gasteiger partial charge in [-0.3, -0.25) is 9.78 Å². The lowest BCUT2D eigenvalue weighted by molar-refractivity contribution is 0.0516. The van der Waals surface area contributed by atoms with E-state index >= 15 is 0 Å². The van der Waals surface area contributed by atoms with Crippen LogP contribution in [-0.2, 0) is 5.41 Å². The summed E-state index contributed by atoms with van der Waals surface area (Å²) in [6.07, 6.45) is 0.770. The fraction of sp³-hybridized carbons (Fsp3) is 0.571. The monoisotopic (exact) mass is 266 g/mol. The molecule has 1 amide bonds. The summed E-state index contributed by atoms with van der Waals surface area (Å²) in [6.45, 7) is 5.95. The van der Waals surface area contributed by atoms with Crippen LogP contribution in [0.3, 0.4) is 0 Å². The highest BCUT2D eigenvalue weighted by Gasteiger charge is 2.18. The first kappa shape index (κ1) is 15.6. The fourth-order valence-corrected chi connectivity index (χ4v) is 1.62. The molecule has 0 aliphatic carbocycles. The van der Waals surface area contributed by atoms with Gasteiger partial charge in [0, 0.05) is 19.8 Å². The van der Waals surface area contributed by atoms with Gasteiger partial charge in [-0.25, -0.2) is 0 Å². The van der Waals surface area contributed by atoms with Crippen molar-refractivity contribution in [1.29, 1.82) is 0 Å². The highest BCUT2D eigenvalue weighted by Crippen LogP contribution is 2.21. The normalized spacial score (nSPS) is 13.2. The van der Waals surface area contributed by atoms with E-state index in [0.717, 1.165) is 5.56 Å². The molecule has 1 unspecified atom stereocenters. The summed E-state index contributed by atoms with van der Waals surface area (Å²) in [5.41, 5.74) is 1.39. The third kappa shape index (κ3) is 4.29. The van der Waals surface area contributed by atoms with Crippen molar-refractivity contribution in [3.63, 3.8) is 0 Å². The molecule has 1 rings (SSSR count). The zero-order valence-electron chi connectivity index (χ0n) is 11.9.